The SMILES string of the molecule is C=P(c1ccccc1)(c1ccccc1)c1cccc(C(=O)OCC)c1C. The number of carbonyl (C=O) groups is 1. The molecule has 0 aliphatic heterocycles. The first-order valence-corrected chi connectivity index (χ1v) is 10.7. The molecule has 3 rings (SSSR count). The van der Waals surface area contributed by atoms with Crippen molar-refractivity contribution < 1.29 is 9.53 Å². The molecule has 0 atom stereocenters. The van der Waals surface area contributed by atoms with Crippen LogP contribution in [0.25, 0.3) is 0 Å². The van der Waals surface area contributed by atoms with Crippen LogP contribution >= 0.6 is 6.89 Å². The maximum atomic E-state index is 12.4. The van der Waals surface area contributed by atoms with Gasteiger partial charge in [-0.3, -0.25) is 0 Å². The third-order valence-electron chi connectivity index (χ3n) is 4.61. The Balaban J connectivity index is 2.27. The molecule has 26 heavy (non-hydrogen) atoms. The van der Waals surface area contributed by atoms with Gasteiger partial charge in [-0.2, -0.15) is 0 Å². The van der Waals surface area contributed by atoms with Crippen molar-refractivity contribution in [3.05, 3.63) is 90.0 Å². The second-order valence-electron chi connectivity index (χ2n) is 6.15. The van der Waals surface area contributed by atoms with Crippen molar-refractivity contribution >= 4 is 35.1 Å². The molecular formula is C23H23O2P. The zero-order valence-electron chi connectivity index (χ0n) is 15.2. The van der Waals surface area contributed by atoms with Gasteiger partial charge in [-0.25, -0.2) is 4.79 Å². The first-order chi connectivity index (χ1) is 12.6. The van der Waals surface area contributed by atoms with E-state index in [1.807, 2.05) is 62.4 Å². The second kappa shape index (κ2) is 7.76. The largest absolute Gasteiger partial charge is 0.462 e. The number of rotatable bonds is 5. The summed E-state index contributed by atoms with van der Waals surface area (Å²) in [6, 6.07) is 26.6. The smallest absolute Gasteiger partial charge is 0.338 e. The first-order valence-electron chi connectivity index (χ1n) is 8.71. The lowest BCUT2D eigenvalue weighted by molar-refractivity contribution is 0.0525. The number of hydrogen-bond donors (Lipinski definition) is 0. The van der Waals surface area contributed by atoms with Gasteiger partial charge in [-0.1, -0.05) is 79.1 Å². The van der Waals surface area contributed by atoms with E-state index in [2.05, 4.69) is 30.3 Å². The zero-order valence-corrected chi connectivity index (χ0v) is 16.1. The molecule has 0 spiro atoms. The first kappa shape index (κ1) is 18.2. The lowest BCUT2D eigenvalue weighted by atomic mass is 10.1. The number of esters is 1. The van der Waals surface area contributed by atoms with Crippen molar-refractivity contribution in [2.24, 2.45) is 0 Å². The minimum Gasteiger partial charge on any atom is -0.462 e. The van der Waals surface area contributed by atoms with Crippen molar-refractivity contribution in [1.29, 1.82) is 0 Å². The molecule has 0 fully saturated rings. The summed E-state index contributed by atoms with van der Waals surface area (Å²) in [5, 5.41) is 3.49. The van der Waals surface area contributed by atoms with Gasteiger partial charge in [-0.05, 0) is 48.3 Å². The molecule has 0 aliphatic carbocycles. The van der Waals surface area contributed by atoms with Crippen molar-refractivity contribution in [3.8, 4) is 0 Å². The van der Waals surface area contributed by atoms with E-state index in [0.717, 1.165) is 10.9 Å². The molecule has 0 amide bonds. The van der Waals surface area contributed by atoms with E-state index in [9.17, 15) is 4.79 Å². The summed E-state index contributed by atoms with van der Waals surface area (Å²) in [6.45, 7) is 2.07. The predicted molar refractivity (Wildman–Crippen MR) is 113 cm³/mol. The summed E-state index contributed by atoms with van der Waals surface area (Å²) in [7, 11) is 0. The van der Waals surface area contributed by atoms with Crippen LogP contribution in [0.2, 0.25) is 0 Å². The maximum absolute atomic E-state index is 12.4. The summed E-state index contributed by atoms with van der Waals surface area (Å²) >= 11 is 0. The highest BCUT2D eigenvalue weighted by Crippen LogP contribution is 2.43. The standard InChI is InChI=1S/C23H23O2P/c1-4-25-23(24)21-16-11-17-22(18(21)2)26(3,19-12-7-5-8-13-19)20-14-9-6-10-15-20/h5-17H,3-4H2,1-2H3. The van der Waals surface area contributed by atoms with Gasteiger partial charge in [0.1, 0.15) is 0 Å². The van der Waals surface area contributed by atoms with Gasteiger partial charge in [0.05, 0.1) is 12.2 Å². The Hall–Kier alpha value is -2.57. The van der Waals surface area contributed by atoms with Gasteiger partial charge in [-0.15, -0.1) is 0 Å². The Labute approximate surface area is 155 Å². The fourth-order valence-corrected chi connectivity index (χ4v) is 6.51. The van der Waals surface area contributed by atoms with Gasteiger partial charge < -0.3 is 4.74 Å². The molecule has 0 unspecified atom stereocenters. The van der Waals surface area contributed by atoms with E-state index >= 15 is 0 Å². The van der Waals surface area contributed by atoms with E-state index in [4.69, 9.17) is 11.0 Å². The Kier molecular flexibility index (Phi) is 5.44. The van der Waals surface area contributed by atoms with Crippen LogP contribution in [0.1, 0.15) is 22.8 Å². The fourth-order valence-electron chi connectivity index (χ4n) is 3.26. The van der Waals surface area contributed by atoms with Gasteiger partial charge in [0, 0.05) is 0 Å². The van der Waals surface area contributed by atoms with E-state index in [1.165, 1.54) is 10.6 Å². The highest BCUT2D eigenvalue weighted by molar-refractivity contribution is 7.93. The summed E-state index contributed by atoms with van der Waals surface area (Å²) in [4.78, 5) is 12.4. The normalized spacial score (nSPS) is 11.2. The van der Waals surface area contributed by atoms with E-state index in [-0.39, 0.29) is 5.97 Å². The van der Waals surface area contributed by atoms with Crippen LogP contribution in [0.4, 0.5) is 0 Å². The Bertz CT molecular complexity index is 903. The summed E-state index contributed by atoms with van der Waals surface area (Å²) in [5.74, 6) is -0.278. The summed E-state index contributed by atoms with van der Waals surface area (Å²) in [5.41, 5.74) is 1.56. The van der Waals surface area contributed by atoms with Gasteiger partial charge in [0.2, 0.25) is 0 Å². The fraction of sp³-hybridized carbons (Fsp3) is 0.130. The van der Waals surface area contributed by atoms with Crippen LogP contribution in [-0.2, 0) is 4.74 Å². The van der Waals surface area contributed by atoms with E-state index in [1.54, 1.807) is 0 Å². The lowest BCUT2D eigenvalue weighted by Crippen LogP contribution is -2.28. The monoisotopic (exact) mass is 362 g/mol. The molecule has 0 bridgehead atoms. The molecule has 0 saturated heterocycles. The minimum absolute atomic E-state index is 0.278. The molecule has 0 saturated carbocycles. The Morgan fingerprint density at radius 1 is 0.885 bits per heavy atom. The summed E-state index contributed by atoms with van der Waals surface area (Å²) in [6.07, 6.45) is 4.75. The maximum Gasteiger partial charge on any atom is 0.338 e. The van der Waals surface area contributed by atoms with Crippen molar-refractivity contribution in [1.82, 2.24) is 0 Å². The highest BCUT2D eigenvalue weighted by Gasteiger charge is 2.25. The van der Waals surface area contributed by atoms with Crippen LogP contribution in [0.3, 0.4) is 0 Å². The van der Waals surface area contributed by atoms with Gasteiger partial charge in [0.15, 0.2) is 0 Å². The van der Waals surface area contributed by atoms with Crippen LogP contribution in [0.5, 0.6) is 0 Å². The number of carbonyl (C=O) groups excluding carboxylic acids is 1. The second-order valence-corrected chi connectivity index (χ2v) is 9.29. The minimum atomic E-state index is -2.11. The van der Waals surface area contributed by atoms with Crippen LogP contribution in [0.15, 0.2) is 78.9 Å². The Morgan fingerprint density at radius 3 is 1.92 bits per heavy atom. The van der Waals surface area contributed by atoms with Crippen molar-refractivity contribution in [2.75, 3.05) is 6.61 Å². The topological polar surface area (TPSA) is 26.3 Å². The van der Waals surface area contributed by atoms with Crippen LogP contribution in [0, 0.1) is 6.92 Å². The number of hydrogen-bond acceptors (Lipinski definition) is 2. The third kappa shape index (κ3) is 3.25. The van der Waals surface area contributed by atoms with Gasteiger partial charge in [0.25, 0.3) is 0 Å². The molecule has 0 aliphatic rings. The van der Waals surface area contributed by atoms with E-state index < -0.39 is 6.89 Å². The molecule has 3 aromatic rings. The zero-order chi connectivity index (χ0) is 18.6. The third-order valence-corrected chi connectivity index (χ3v) is 8.27. The molecule has 3 heteroatoms. The van der Waals surface area contributed by atoms with E-state index in [0.29, 0.717) is 12.2 Å². The molecule has 0 N–H and O–H groups in total. The lowest BCUT2D eigenvalue weighted by Gasteiger charge is -2.28. The molecule has 0 radical (unpaired) electrons. The quantitative estimate of drug-likeness (QED) is 0.508. The van der Waals surface area contributed by atoms with Crippen LogP contribution < -0.4 is 15.9 Å². The molecule has 0 aromatic heterocycles. The average Bonchev–Trinajstić information content (AvgIpc) is 2.69. The molecule has 0 heterocycles. The highest BCUT2D eigenvalue weighted by atomic mass is 31.2. The predicted octanol–water partition coefficient (Wildman–Crippen LogP) is 3.90. The molecule has 3 aromatic carbocycles. The summed E-state index contributed by atoms with van der Waals surface area (Å²) < 4.78 is 5.24. The molecule has 2 nitrogen and oxygen atoms in total. The van der Waals surface area contributed by atoms with Crippen molar-refractivity contribution in [2.45, 2.75) is 13.8 Å². The van der Waals surface area contributed by atoms with Crippen LogP contribution in [-0.4, -0.2) is 18.9 Å². The number of ether oxygens (including phenoxy) is 1. The molecular weight excluding hydrogens is 339 g/mol. The Morgan fingerprint density at radius 2 is 1.42 bits per heavy atom. The molecule has 132 valence electrons. The average molecular weight is 362 g/mol. The van der Waals surface area contributed by atoms with Crippen molar-refractivity contribution in [3.63, 3.8) is 0 Å². The van der Waals surface area contributed by atoms with Gasteiger partial charge >= 0.3 is 5.97 Å². The number of benzene rings is 3.